The van der Waals surface area contributed by atoms with Crippen LogP contribution in [0.4, 0.5) is 4.39 Å². The highest BCUT2D eigenvalue weighted by molar-refractivity contribution is 5.20. The van der Waals surface area contributed by atoms with E-state index in [-0.39, 0.29) is 18.0 Å². The molecular weight excluding hydrogens is 193 g/mol. The van der Waals surface area contributed by atoms with Crippen molar-refractivity contribution < 1.29 is 9.13 Å². The Morgan fingerprint density at radius 2 is 2.20 bits per heavy atom. The average molecular weight is 209 g/mol. The lowest BCUT2D eigenvalue weighted by Crippen LogP contribution is -2.47. The summed E-state index contributed by atoms with van der Waals surface area (Å²) in [4.78, 5) is 0. The zero-order valence-corrected chi connectivity index (χ0v) is 9.03. The topological polar surface area (TPSA) is 21.3 Å². The van der Waals surface area contributed by atoms with Crippen LogP contribution in [-0.2, 0) is 4.74 Å². The molecule has 1 aliphatic rings. The van der Waals surface area contributed by atoms with Gasteiger partial charge in [-0.3, -0.25) is 0 Å². The molecule has 0 aromatic heterocycles. The zero-order chi connectivity index (χ0) is 10.8. The number of hydrogen-bond acceptors (Lipinski definition) is 2. The molecule has 0 radical (unpaired) electrons. The van der Waals surface area contributed by atoms with E-state index in [0.29, 0.717) is 12.6 Å². The minimum atomic E-state index is -0.207. The van der Waals surface area contributed by atoms with E-state index in [1.54, 1.807) is 12.1 Å². The summed E-state index contributed by atoms with van der Waals surface area (Å²) in [5, 5.41) is 3.40. The highest BCUT2D eigenvalue weighted by Crippen LogP contribution is 2.25. The number of ether oxygens (including phenoxy) is 1. The molecule has 0 spiro atoms. The van der Waals surface area contributed by atoms with Crippen molar-refractivity contribution in [3.63, 3.8) is 0 Å². The van der Waals surface area contributed by atoms with E-state index in [4.69, 9.17) is 4.74 Å². The SMILES string of the molecule is CC1N[C@@H](C)COC1c1cccc(F)c1. The maximum atomic E-state index is 13.0. The largest absolute Gasteiger partial charge is 0.370 e. The fraction of sp³-hybridized carbons (Fsp3) is 0.500. The minimum absolute atomic E-state index is 0.0445. The van der Waals surface area contributed by atoms with Crippen molar-refractivity contribution >= 4 is 0 Å². The summed E-state index contributed by atoms with van der Waals surface area (Å²) in [5.41, 5.74) is 0.905. The summed E-state index contributed by atoms with van der Waals surface area (Å²) in [6.07, 6.45) is -0.0445. The average Bonchev–Trinajstić information content (AvgIpc) is 2.17. The van der Waals surface area contributed by atoms with E-state index in [2.05, 4.69) is 19.2 Å². The Kier molecular flexibility index (Phi) is 3.03. The van der Waals surface area contributed by atoms with E-state index >= 15 is 0 Å². The van der Waals surface area contributed by atoms with Crippen LogP contribution in [0.5, 0.6) is 0 Å². The molecule has 3 heteroatoms. The van der Waals surface area contributed by atoms with Crippen molar-refractivity contribution in [3.8, 4) is 0 Å². The first-order chi connectivity index (χ1) is 7.16. The first-order valence-electron chi connectivity index (χ1n) is 5.30. The van der Waals surface area contributed by atoms with Crippen LogP contribution in [0.2, 0.25) is 0 Å². The zero-order valence-electron chi connectivity index (χ0n) is 9.03. The van der Waals surface area contributed by atoms with Crippen molar-refractivity contribution in [1.29, 1.82) is 0 Å². The first-order valence-corrected chi connectivity index (χ1v) is 5.30. The third kappa shape index (κ3) is 2.36. The molecule has 1 aromatic carbocycles. The number of nitrogens with one attached hydrogen (secondary N) is 1. The molecule has 0 bridgehead atoms. The molecule has 0 aliphatic carbocycles. The second kappa shape index (κ2) is 4.29. The quantitative estimate of drug-likeness (QED) is 0.766. The summed E-state index contributed by atoms with van der Waals surface area (Å²) in [6.45, 7) is 4.81. The molecule has 82 valence electrons. The predicted molar refractivity (Wildman–Crippen MR) is 57.2 cm³/mol. The van der Waals surface area contributed by atoms with E-state index in [0.717, 1.165) is 5.56 Å². The summed E-state index contributed by atoms with van der Waals surface area (Å²) >= 11 is 0. The second-order valence-electron chi connectivity index (χ2n) is 4.17. The molecule has 1 heterocycles. The minimum Gasteiger partial charge on any atom is -0.370 e. The lowest BCUT2D eigenvalue weighted by Gasteiger charge is -2.34. The van der Waals surface area contributed by atoms with Crippen LogP contribution in [0.3, 0.4) is 0 Å². The molecule has 2 unspecified atom stereocenters. The molecule has 0 amide bonds. The molecule has 1 N–H and O–H groups in total. The van der Waals surface area contributed by atoms with Crippen LogP contribution < -0.4 is 5.32 Å². The van der Waals surface area contributed by atoms with Gasteiger partial charge in [0, 0.05) is 12.1 Å². The van der Waals surface area contributed by atoms with E-state index in [1.807, 2.05) is 6.07 Å². The Labute approximate surface area is 89.4 Å². The Balaban J connectivity index is 2.17. The molecule has 2 nitrogen and oxygen atoms in total. The van der Waals surface area contributed by atoms with Crippen molar-refractivity contribution in [2.75, 3.05) is 6.61 Å². The maximum absolute atomic E-state index is 13.0. The van der Waals surface area contributed by atoms with Gasteiger partial charge in [-0.15, -0.1) is 0 Å². The van der Waals surface area contributed by atoms with Crippen LogP contribution in [0.1, 0.15) is 25.5 Å². The van der Waals surface area contributed by atoms with Gasteiger partial charge in [-0.05, 0) is 31.5 Å². The molecule has 1 saturated heterocycles. The lowest BCUT2D eigenvalue weighted by molar-refractivity contribution is -0.0208. The summed E-state index contributed by atoms with van der Waals surface area (Å²) in [5.74, 6) is -0.207. The molecule has 1 aromatic rings. The number of hydrogen-bond donors (Lipinski definition) is 1. The number of morpholine rings is 1. The van der Waals surface area contributed by atoms with Gasteiger partial charge in [0.25, 0.3) is 0 Å². The molecular formula is C12H16FNO. The Morgan fingerprint density at radius 1 is 1.40 bits per heavy atom. The van der Waals surface area contributed by atoms with Gasteiger partial charge >= 0.3 is 0 Å². The van der Waals surface area contributed by atoms with Crippen molar-refractivity contribution in [3.05, 3.63) is 35.6 Å². The van der Waals surface area contributed by atoms with Crippen molar-refractivity contribution in [1.82, 2.24) is 5.32 Å². The van der Waals surface area contributed by atoms with Gasteiger partial charge in [-0.25, -0.2) is 4.39 Å². The highest BCUT2D eigenvalue weighted by Gasteiger charge is 2.26. The van der Waals surface area contributed by atoms with Crippen LogP contribution in [0.25, 0.3) is 0 Å². The molecule has 3 atom stereocenters. The van der Waals surface area contributed by atoms with Crippen molar-refractivity contribution in [2.45, 2.75) is 32.0 Å². The summed E-state index contributed by atoms with van der Waals surface area (Å²) < 4.78 is 18.8. The van der Waals surface area contributed by atoms with Gasteiger partial charge < -0.3 is 10.1 Å². The van der Waals surface area contributed by atoms with Gasteiger partial charge in [0.05, 0.1) is 12.7 Å². The van der Waals surface area contributed by atoms with Crippen LogP contribution >= 0.6 is 0 Å². The standard InChI is InChI=1S/C12H16FNO/c1-8-7-15-12(9(2)14-8)10-4-3-5-11(13)6-10/h3-6,8-9,12,14H,7H2,1-2H3/t8-,9?,12?/m0/s1. The van der Waals surface area contributed by atoms with Gasteiger partial charge in [0.1, 0.15) is 5.82 Å². The van der Waals surface area contributed by atoms with Gasteiger partial charge in [-0.1, -0.05) is 12.1 Å². The Morgan fingerprint density at radius 3 is 2.87 bits per heavy atom. The fourth-order valence-corrected chi connectivity index (χ4v) is 2.05. The van der Waals surface area contributed by atoms with E-state index in [9.17, 15) is 4.39 Å². The number of halogens is 1. The second-order valence-corrected chi connectivity index (χ2v) is 4.17. The first kappa shape index (κ1) is 10.6. The van der Waals surface area contributed by atoms with Gasteiger partial charge in [-0.2, -0.15) is 0 Å². The van der Waals surface area contributed by atoms with Crippen LogP contribution in [0, 0.1) is 5.82 Å². The normalized spacial score (nSPS) is 31.5. The van der Waals surface area contributed by atoms with Crippen LogP contribution in [0.15, 0.2) is 24.3 Å². The van der Waals surface area contributed by atoms with E-state index < -0.39 is 0 Å². The Hall–Kier alpha value is -0.930. The van der Waals surface area contributed by atoms with Gasteiger partial charge in [0.2, 0.25) is 0 Å². The third-order valence-corrected chi connectivity index (χ3v) is 2.70. The molecule has 1 aliphatic heterocycles. The highest BCUT2D eigenvalue weighted by atomic mass is 19.1. The molecule has 1 fully saturated rings. The monoisotopic (exact) mass is 209 g/mol. The van der Waals surface area contributed by atoms with Gasteiger partial charge in [0.15, 0.2) is 0 Å². The fourth-order valence-electron chi connectivity index (χ4n) is 2.05. The molecule has 2 rings (SSSR count). The predicted octanol–water partition coefficient (Wildman–Crippen LogP) is 2.26. The molecule has 15 heavy (non-hydrogen) atoms. The third-order valence-electron chi connectivity index (χ3n) is 2.70. The number of benzene rings is 1. The summed E-state index contributed by atoms with van der Waals surface area (Å²) in [7, 11) is 0. The smallest absolute Gasteiger partial charge is 0.123 e. The van der Waals surface area contributed by atoms with Crippen molar-refractivity contribution in [2.24, 2.45) is 0 Å². The maximum Gasteiger partial charge on any atom is 0.123 e. The Bertz CT molecular complexity index is 342. The molecule has 0 saturated carbocycles. The van der Waals surface area contributed by atoms with Crippen LogP contribution in [-0.4, -0.2) is 18.7 Å². The summed E-state index contributed by atoms with van der Waals surface area (Å²) in [6, 6.07) is 7.20. The number of rotatable bonds is 1. The lowest BCUT2D eigenvalue weighted by atomic mass is 10.0. The van der Waals surface area contributed by atoms with E-state index in [1.165, 1.54) is 6.07 Å².